The van der Waals surface area contributed by atoms with Gasteiger partial charge >= 0.3 is 5.97 Å². The SMILES string of the molecule is CC(C)(C)C(N)CC(=O)NC1(C(=O)O)CCCC1. The molecule has 0 aliphatic heterocycles. The Balaban J connectivity index is 2.61. The first-order valence-corrected chi connectivity index (χ1v) is 6.47. The van der Waals surface area contributed by atoms with Gasteiger partial charge in [0.25, 0.3) is 0 Å². The highest BCUT2D eigenvalue weighted by atomic mass is 16.4. The number of carboxylic acids is 1. The second kappa shape index (κ2) is 5.26. The van der Waals surface area contributed by atoms with Gasteiger partial charge in [-0.3, -0.25) is 4.79 Å². The second-order valence-electron chi connectivity index (χ2n) is 6.32. The molecule has 104 valence electrons. The van der Waals surface area contributed by atoms with Crippen LogP contribution in [0.15, 0.2) is 0 Å². The standard InChI is InChI=1S/C13H24N2O3/c1-12(2,3)9(14)8-10(16)15-13(11(17)18)6-4-5-7-13/h9H,4-8,14H2,1-3H3,(H,15,16)(H,17,18). The Hall–Kier alpha value is -1.10. The summed E-state index contributed by atoms with van der Waals surface area (Å²) < 4.78 is 0. The van der Waals surface area contributed by atoms with Gasteiger partial charge in [0.1, 0.15) is 5.54 Å². The first kappa shape index (κ1) is 15.0. The van der Waals surface area contributed by atoms with Crippen molar-refractivity contribution in [2.45, 2.75) is 64.5 Å². The summed E-state index contributed by atoms with van der Waals surface area (Å²) in [4.78, 5) is 23.2. The summed E-state index contributed by atoms with van der Waals surface area (Å²) in [6.07, 6.45) is 2.88. The lowest BCUT2D eigenvalue weighted by atomic mass is 9.85. The monoisotopic (exact) mass is 256 g/mol. The van der Waals surface area contributed by atoms with E-state index in [4.69, 9.17) is 5.73 Å². The molecule has 1 atom stereocenters. The van der Waals surface area contributed by atoms with Gasteiger partial charge in [0.05, 0.1) is 0 Å². The highest BCUT2D eigenvalue weighted by molar-refractivity contribution is 5.87. The molecular weight excluding hydrogens is 232 g/mol. The number of carbonyl (C=O) groups excluding carboxylic acids is 1. The van der Waals surface area contributed by atoms with Crippen molar-refractivity contribution in [3.05, 3.63) is 0 Å². The maximum absolute atomic E-state index is 11.9. The first-order valence-electron chi connectivity index (χ1n) is 6.47. The average molecular weight is 256 g/mol. The van der Waals surface area contributed by atoms with Crippen molar-refractivity contribution in [1.82, 2.24) is 5.32 Å². The summed E-state index contributed by atoms with van der Waals surface area (Å²) >= 11 is 0. The lowest BCUT2D eigenvalue weighted by molar-refractivity contribution is -0.147. The van der Waals surface area contributed by atoms with Crippen LogP contribution < -0.4 is 11.1 Å². The lowest BCUT2D eigenvalue weighted by Crippen LogP contribution is -2.54. The van der Waals surface area contributed by atoms with E-state index in [2.05, 4.69) is 5.32 Å². The van der Waals surface area contributed by atoms with E-state index in [-0.39, 0.29) is 23.8 Å². The van der Waals surface area contributed by atoms with Crippen LogP contribution in [0.1, 0.15) is 52.9 Å². The first-order chi connectivity index (χ1) is 8.17. The summed E-state index contributed by atoms with van der Waals surface area (Å²) in [6.45, 7) is 5.90. The highest BCUT2D eigenvalue weighted by Crippen LogP contribution is 2.30. The zero-order valence-electron chi connectivity index (χ0n) is 11.5. The molecule has 1 amide bonds. The largest absolute Gasteiger partial charge is 0.480 e. The van der Waals surface area contributed by atoms with Gasteiger partial charge in [0.15, 0.2) is 0 Å². The van der Waals surface area contributed by atoms with E-state index in [1.54, 1.807) is 0 Å². The molecule has 1 aliphatic carbocycles. The molecule has 0 heterocycles. The normalized spacial score (nSPS) is 20.4. The van der Waals surface area contributed by atoms with Crippen LogP contribution in [0.5, 0.6) is 0 Å². The number of hydrogen-bond acceptors (Lipinski definition) is 3. The van der Waals surface area contributed by atoms with Gasteiger partial charge in [-0.1, -0.05) is 33.6 Å². The second-order valence-corrected chi connectivity index (χ2v) is 6.32. The van der Waals surface area contributed by atoms with E-state index in [0.29, 0.717) is 12.8 Å². The van der Waals surface area contributed by atoms with Crippen molar-refractivity contribution in [1.29, 1.82) is 0 Å². The number of nitrogens with two attached hydrogens (primary N) is 1. The van der Waals surface area contributed by atoms with Gasteiger partial charge < -0.3 is 16.2 Å². The average Bonchev–Trinajstić information content (AvgIpc) is 2.65. The van der Waals surface area contributed by atoms with E-state index in [1.807, 2.05) is 20.8 Å². The van der Waals surface area contributed by atoms with Gasteiger partial charge in [-0.05, 0) is 18.3 Å². The molecule has 0 aromatic heterocycles. The summed E-state index contributed by atoms with van der Waals surface area (Å²) in [6, 6.07) is -0.273. The number of amides is 1. The highest BCUT2D eigenvalue weighted by Gasteiger charge is 2.42. The van der Waals surface area contributed by atoms with Crippen molar-refractivity contribution in [2.24, 2.45) is 11.1 Å². The number of nitrogens with one attached hydrogen (secondary N) is 1. The van der Waals surface area contributed by atoms with Crippen molar-refractivity contribution in [2.75, 3.05) is 0 Å². The Bertz CT molecular complexity index is 328. The van der Waals surface area contributed by atoms with Gasteiger partial charge in [0, 0.05) is 12.5 Å². The van der Waals surface area contributed by atoms with E-state index in [0.717, 1.165) is 12.8 Å². The van der Waals surface area contributed by atoms with Crippen LogP contribution in [0.4, 0.5) is 0 Å². The fourth-order valence-electron chi connectivity index (χ4n) is 2.19. The van der Waals surface area contributed by atoms with Crippen LogP contribution in [0, 0.1) is 5.41 Å². The van der Waals surface area contributed by atoms with Crippen LogP contribution in [0.3, 0.4) is 0 Å². The predicted octanol–water partition coefficient (Wildman–Crippen LogP) is 1.26. The summed E-state index contributed by atoms with van der Waals surface area (Å²) in [5.74, 6) is -1.19. The van der Waals surface area contributed by atoms with Crippen LogP contribution in [0.25, 0.3) is 0 Å². The molecule has 0 aromatic carbocycles. The Morgan fingerprint density at radius 2 is 1.83 bits per heavy atom. The van der Waals surface area contributed by atoms with Gasteiger partial charge in [0.2, 0.25) is 5.91 Å². The van der Waals surface area contributed by atoms with Crippen LogP contribution in [0.2, 0.25) is 0 Å². The molecule has 1 aliphatic rings. The molecule has 5 heteroatoms. The smallest absolute Gasteiger partial charge is 0.329 e. The predicted molar refractivity (Wildman–Crippen MR) is 69.0 cm³/mol. The maximum atomic E-state index is 11.9. The molecule has 1 rings (SSSR count). The molecule has 0 radical (unpaired) electrons. The molecule has 1 fully saturated rings. The molecule has 0 spiro atoms. The fraction of sp³-hybridized carbons (Fsp3) is 0.846. The zero-order valence-corrected chi connectivity index (χ0v) is 11.5. The third kappa shape index (κ3) is 3.45. The molecule has 4 N–H and O–H groups in total. The number of carboxylic acid groups (broad SMARTS) is 1. The van der Waals surface area contributed by atoms with E-state index in [1.165, 1.54) is 0 Å². The molecule has 1 saturated carbocycles. The van der Waals surface area contributed by atoms with Crippen LogP contribution in [-0.2, 0) is 9.59 Å². The quantitative estimate of drug-likeness (QED) is 0.706. The summed E-state index contributed by atoms with van der Waals surface area (Å²) in [5, 5.41) is 11.9. The third-order valence-corrected chi connectivity index (χ3v) is 3.76. The van der Waals surface area contributed by atoms with Crippen molar-refractivity contribution < 1.29 is 14.7 Å². The number of aliphatic carboxylic acids is 1. The zero-order chi connectivity index (χ0) is 14.0. The fourth-order valence-corrected chi connectivity index (χ4v) is 2.19. The van der Waals surface area contributed by atoms with Crippen molar-refractivity contribution >= 4 is 11.9 Å². The van der Waals surface area contributed by atoms with E-state index < -0.39 is 11.5 Å². The van der Waals surface area contributed by atoms with Crippen LogP contribution >= 0.6 is 0 Å². The number of hydrogen-bond donors (Lipinski definition) is 3. The minimum Gasteiger partial charge on any atom is -0.480 e. The Kier molecular flexibility index (Phi) is 4.37. The van der Waals surface area contributed by atoms with E-state index >= 15 is 0 Å². The lowest BCUT2D eigenvalue weighted by Gasteiger charge is -2.29. The summed E-state index contributed by atoms with van der Waals surface area (Å²) in [5.41, 5.74) is 4.71. The third-order valence-electron chi connectivity index (χ3n) is 3.76. The Labute approximate surface area is 108 Å². The van der Waals surface area contributed by atoms with Gasteiger partial charge in [-0.2, -0.15) is 0 Å². The van der Waals surface area contributed by atoms with Gasteiger partial charge in [-0.15, -0.1) is 0 Å². The molecule has 0 saturated heterocycles. The minimum atomic E-state index is -1.06. The molecule has 1 unspecified atom stereocenters. The number of carbonyl (C=O) groups is 2. The van der Waals surface area contributed by atoms with Crippen LogP contribution in [-0.4, -0.2) is 28.6 Å². The molecule has 0 aromatic rings. The molecule has 18 heavy (non-hydrogen) atoms. The Morgan fingerprint density at radius 3 is 2.22 bits per heavy atom. The Morgan fingerprint density at radius 1 is 1.33 bits per heavy atom. The number of rotatable bonds is 4. The maximum Gasteiger partial charge on any atom is 0.329 e. The van der Waals surface area contributed by atoms with Crippen molar-refractivity contribution in [3.8, 4) is 0 Å². The van der Waals surface area contributed by atoms with Crippen molar-refractivity contribution in [3.63, 3.8) is 0 Å². The minimum absolute atomic E-state index is 0.163. The molecule has 0 bridgehead atoms. The summed E-state index contributed by atoms with van der Waals surface area (Å²) in [7, 11) is 0. The molecular formula is C13H24N2O3. The molecule has 5 nitrogen and oxygen atoms in total. The van der Waals surface area contributed by atoms with Gasteiger partial charge in [-0.25, -0.2) is 4.79 Å². The van der Waals surface area contributed by atoms with E-state index in [9.17, 15) is 14.7 Å². The topological polar surface area (TPSA) is 92.4 Å².